The maximum absolute atomic E-state index is 13.0. The summed E-state index contributed by atoms with van der Waals surface area (Å²) in [4.78, 5) is 20.7. The minimum Gasteiger partial charge on any atom is -0.439 e. The maximum Gasteiger partial charge on any atom is 0.251 e. The molecule has 0 saturated heterocycles. The summed E-state index contributed by atoms with van der Waals surface area (Å²) in [7, 11) is 0. The van der Waals surface area contributed by atoms with Crippen LogP contribution in [0.4, 0.5) is 4.39 Å². The normalized spacial score (nSPS) is 10.6. The van der Waals surface area contributed by atoms with Crippen LogP contribution in [0.1, 0.15) is 21.5 Å². The molecule has 31 heavy (non-hydrogen) atoms. The van der Waals surface area contributed by atoms with Crippen molar-refractivity contribution >= 4 is 17.7 Å². The molecule has 0 aliphatic rings. The number of rotatable bonds is 8. The van der Waals surface area contributed by atoms with Gasteiger partial charge in [-0.15, -0.1) is 0 Å². The monoisotopic (exact) mass is 435 g/mol. The average Bonchev–Trinajstić information content (AvgIpc) is 3.32. The lowest BCUT2D eigenvalue weighted by atomic mass is 10.1. The number of aromatic amines is 1. The summed E-state index contributed by atoms with van der Waals surface area (Å²) in [5.41, 5.74) is 2.49. The molecule has 7 nitrogen and oxygen atoms in total. The Bertz CT molecular complexity index is 1140. The number of carbonyl (C=O) groups excluding carboxylic acids is 1. The van der Waals surface area contributed by atoms with Crippen LogP contribution in [0.25, 0.3) is 0 Å². The van der Waals surface area contributed by atoms with Gasteiger partial charge in [0, 0.05) is 30.1 Å². The van der Waals surface area contributed by atoms with E-state index < -0.39 is 0 Å². The number of hydrogen-bond donors (Lipinski definition) is 2. The van der Waals surface area contributed by atoms with E-state index in [1.165, 1.54) is 42.4 Å². The van der Waals surface area contributed by atoms with E-state index in [1.807, 2.05) is 12.1 Å². The highest BCUT2D eigenvalue weighted by atomic mass is 32.2. The molecule has 2 aromatic heterocycles. The van der Waals surface area contributed by atoms with Crippen molar-refractivity contribution in [1.82, 2.24) is 25.5 Å². The van der Waals surface area contributed by atoms with Crippen LogP contribution in [0, 0.1) is 5.82 Å². The number of aromatic nitrogens is 4. The van der Waals surface area contributed by atoms with E-state index in [4.69, 9.17) is 4.74 Å². The van der Waals surface area contributed by atoms with Gasteiger partial charge in [0.1, 0.15) is 17.9 Å². The van der Waals surface area contributed by atoms with Crippen molar-refractivity contribution in [2.75, 3.05) is 0 Å². The number of nitrogens with one attached hydrogen (secondary N) is 2. The fraction of sp³-hybridized carbons (Fsp3) is 0.0909. The second kappa shape index (κ2) is 9.86. The summed E-state index contributed by atoms with van der Waals surface area (Å²) >= 11 is 1.54. The molecule has 156 valence electrons. The molecular weight excluding hydrogens is 417 g/mol. The van der Waals surface area contributed by atoms with E-state index in [-0.39, 0.29) is 11.7 Å². The van der Waals surface area contributed by atoms with E-state index in [2.05, 4.69) is 25.5 Å². The Morgan fingerprint density at radius 3 is 2.58 bits per heavy atom. The van der Waals surface area contributed by atoms with Crippen LogP contribution in [-0.4, -0.2) is 26.1 Å². The Morgan fingerprint density at radius 2 is 1.84 bits per heavy atom. The summed E-state index contributed by atoms with van der Waals surface area (Å²) in [6, 6.07) is 16.6. The highest BCUT2D eigenvalue weighted by Gasteiger charge is 2.07. The average molecular weight is 435 g/mol. The second-order valence-electron chi connectivity index (χ2n) is 6.52. The van der Waals surface area contributed by atoms with Crippen LogP contribution in [0.15, 0.2) is 78.3 Å². The first kappa shape index (κ1) is 20.5. The summed E-state index contributed by atoms with van der Waals surface area (Å²) in [5.74, 6) is 1.07. The minimum atomic E-state index is -0.335. The van der Waals surface area contributed by atoms with Gasteiger partial charge in [0.2, 0.25) is 5.88 Å². The quantitative estimate of drug-likeness (QED) is 0.400. The molecule has 9 heteroatoms. The molecule has 0 aliphatic carbocycles. The number of carbonyl (C=O) groups is 1. The highest BCUT2D eigenvalue weighted by molar-refractivity contribution is 7.98. The van der Waals surface area contributed by atoms with Gasteiger partial charge in [0.15, 0.2) is 5.16 Å². The summed E-state index contributed by atoms with van der Waals surface area (Å²) < 4.78 is 18.6. The topological polar surface area (TPSA) is 92.8 Å². The second-order valence-corrected chi connectivity index (χ2v) is 7.48. The number of halogens is 1. The summed E-state index contributed by atoms with van der Waals surface area (Å²) in [5, 5.41) is 10.2. The third-order valence-electron chi connectivity index (χ3n) is 4.27. The van der Waals surface area contributed by atoms with Gasteiger partial charge in [-0.25, -0.2) is 14.4 Å². The van der Waals surface area contributed by atoms with Crippen LogP contribution < -0.4 is 10.1 Å². The van der Waals surface area contributed by atoms with E-state index in [9.17, 15) is 9.18 Å². The molecule has 0 bridgehead atoms. The molecule has 4 aromatic rings. The predicted molar refractivity (Wildman–Crippen MR) is 114 cm³/mol. The van der Waals surface area contributed by atoms with Crippen LogP contribution in [0.5, 0.6) is 11.6 Å². The Hall–Kier alpha value is -3.72. The van der Waals surface area contributed by atoms with Gasteiger partial charge >= 0.3 is 0 Å². The standard InChI is InChI=1S/C22H18FN5O2S/c23-18-5-7-19(8-6-18)30-20-11-16(9-10-24-20)12-25-21(29)17-3-1-15(2-4-17)13-31-22-26-14-27-28-22/h1-11,14H,12-13H2,(H,25,29)(H,26,27,28). The molecule has 1 amide bonds. The molecule has 2 heterocycles. The van der Waals surface area contributed by atoms with Gasteiger partial charge in [-0.2, -0.15) is 5.10 Å². The Morgan fingerprint density at radius 1 is 1.03 bits per heavy atom. The zero-order valence-corrected chi connectivity index (χ0v) is 17.1. The van der Waals surface area contributed by atoms with Crippen LogP contribution in [-0.2, 0) is 12.3 Å². The van der Waals surface area contributed by atoms with E-state index in [0.717, 1.165) is 22.0 Å². The molecule has 0 aliphatic heterocycles. The maximum atomic E-state index is 13.0. The Kier molecular flexibility index (Phi) is 6.53. The van der Waals surface area contributed by atoms with Crippen LogP contribution in [0.3, 0.4) is 0 Å². The third kappa shape index (κ3) is 5.89. The zero-order valence-electron chi connectivity index (χ0n) is 16.3. The largest absolute Gasteiger partial charge is 0.439 e. The number of H-pyrrole nitrogens is 1. The lowest BCUT2D eigenvalue weighted by Gasteiger charge is -2.08. The van der Waals surface area contributed by atoms with Crippen molar-refractivity contribution in [3.63, 3.8) is 0 Å². The van der Waals surface area contributed by atoms with E-state index in [0.29, 0.717) is 23.7 Å². The lowest BCUT2D eigenvalue weighted by molar-refractivity contribution is 0.0951. The Labute approximate surface area is 182 Å². The lowest BCUT2D eigenvalue weighted by Crippen LogP contribution is -2.22. The molecule has 0 spiro atoms. The number of thioether (sulfide) groups is 1. The third-order valence-corrected chi connectivity index (χ3v) is 5.22. The number of amides is 1. The molecular formula is C22H18FN5O2S. The first-order valence-electron chi connectivity index (χ1n) is 9.39. The number of ether oxygens (including phenoxy) is 1. The van der Waals surface area contributed by atoms with Gasteiger partial charge in [-0.3, -0.25) is 9.89 Å². The van der Waals surface area contributed by atoms with Gasteiger partial charge in [-0.05, 0) is 53.6 Å². The SMILES string of the molecule is O=C(NCc1ccnc(Oc2ccc(F)cc2)c1)c1ccc(CSc2ncn[nH]2)cc1. The van der Waals surface area contributed by atoms with Gasteiger partial charge < -0.3 is 10.1 Å². The van der Waals surface area contributed by atoms with Gasteiger partial charge in [0.25, 0.3) is 5.91 Å². The van der Waals surface area contributed by atoms with Gasteiger partial charge in [0.05, 0.1) is 0 Å². The molecule has 2 aromatic carbocycles. The summed E-state index contributed by atoms with van der Waals surface area (Å²) in [6.45, 7) is 0.324. The van der Waals surface area contributed by atoms with Crippen LogP contribution >= 0.6 is 11.8 Å². The molecule has 0 fully saturated rings. The van der Waals surface area contributed by atoms with Crippen molar-refractivity contribution < 1.29 is 13.9 Å². The molecule has 4 rings (SSSR count). The van der Waals surface area contributed by atoms with Gasteiger partial charge in [-0.1, -0.05) is 23.9 Å². The van der Waals surface area contributed by atoms with Crippen molar-refractivity contribution in [3.05, 3.63) is 95.7 Å². The summed E-state index contributed by atoms with van der Waals surface area (Å²) in [6.07, 6.45) is 3.07. The van der Waals surface area contributed by atoms with Crippen molar-refractivity contribution in [1.29, 1.82) is 0 Å². The van der Waals surface area contributed by atoms with E-state index >= 15 is 0 Å². The number of benzene rings is 2. The van der Waals surface area contributed by atoms with E-state index in [1.54, 1.807) is 30.5 Å². The minimum absolute atomic E-state index is 0.174. The molecule has 0 radical (unpaired) electrons. The van der Waals surface area contributed by atoms with Crippen molar-refractivity contribution in [2.24, 2.45) is 0 Å². The fourth-order valence-corrected chi connectivity index (χ4v) is 3.43. The number of pyridine rings is 1. The zero-order chi connectivity index (χ0) is 21.5. The van der Waals surface area contributed by atoms with Crippen molar-refractivity contribution in [3.8, 4) is 11.6 Å². The number of hydrogen-bond acceptors (Lipinski definition) is 6. The first-order chi connectivity index (χ1) is 15.2. The first-order valence-corrected chi connectivity index (χ1v) is 10.4. The fourth-order valence-electron chi connectivity index (χ4n) is 2.69. The molecule has 0 unspecified atom stereocenters. The van der Waals surface area contributed by atoms with Crippen molar-refractivity contribution in [2.45, 2.75) is 17.5 Å². The number of nitrogens with zero attached hydrogens (tertiary/aromatic N) is 3. The molecule has 2 N–H and O–H groups in total. The molecule has 0 atom stereocenters. The Balaban J connectivity index is 1.30. The predicted octanol–water partition coefficient (Wildman–Crippen LogP) is 4.35. The van der Waals surface area contributed by atoms with Crippen LogP contribution in [0.2, 0.25) is 0 Å². The highest BCUT2D eigenvalue weighted by Crippen LogP contribution is 2.21. The molecule has 0 saturated carbocycles. The smallest absolute Gasteiger partial charge is 0.251 e.